The number of pyridine rings is 1. The molecular weight excluding hydrogens is 262 g/mol. The third kappa shape index (κ3) is 3.93. The highest BCUT2D eigenvalue weighted by molar-refractivity contribution is 5.32. The van der Waals surface area contributed by atoms with Crippen LogP contribution in [0.5, 0.6) is 0 Å². The highest BCUT2D eigenvalue weighted by Gasteiger charge is 2.39. The Hall–Kier alpha value is -1.17. The highest BCUT2D eigenvalue weighted by Crippen LogP contribution is 2.29. The summed E-state index contributed by atoms with van der Waals surface area (Å²) in [5.41, 5.74) is 10.1. The Bertz CT molecular complexity index is 413. The lowest BCUT2D eigenvalue weighted by Gasteiger charge is -2.47. The van der Waals surface area contributed by atoms with Gasteiger partial charge in [0.1, 0.15) is 5.82 Å². The zero-order chi connectivity index (χ0) is 15.9. The Morgan fingerprint density at radius 3 is 2.29 bits per heavy atom. The topological polar surface area (TPSA) is 80.2 Å². The number of nitrogens with two attached hydrogens (primary N) is 2. The minimum absolute atomic E-state index is 0.0519. The van der Waals surface area contributed by atoms with Crippen LogP contribution in [0.3, 0.4) is 0 Å². The normalized spacial score (nSPS) is 13.6. The molecule has 5 N–H and O–H groups in total. The van der Waals surface area contributed by atoms with Gasteiger partial charge in [0.25, 0.3) is 0 Å². The third-order valence-electron chi connectivity index (χ3n) is 4.75. The molecule has 0 aliphatic heterocycles. The number of nitrogens with zero attached hydrogens (tertiary/aromatic N) is 2. The van der Waals surface area contributed by atoms with Crippen LogP contribution in [-0.2, 0) is 6.42 Å². The van der Waals surface area contributed by atoms with Crippen molar-refractivity contribution in [1.82, 2.24) is 15.3 Å². The first-order chi connectivity index (χ1) is 10.1. The van der Waals surface area contributed by atoms with E-state index in [1.807, 2.05) is 12.1 Å². The summed E-state index contributed by atoms with van der Waals surface area (Å²) in [6.45, 7) is 11.0. The summed E-state index contributed by atoms with van der Waals surface area (Å²) in [5.74, 6) is 6.48. The lowest BCUT2D eigenvalue weighted by Crippen LogP contribution is -2.63. The number of aromatic nitrogens is 1. The van der Waals surface area contributed by atoms with Crippen molar-refractivity contribution in [3.8, 4) is 0 Å². The van der Waals surface area contributed by atoms with Gasteiger partial charge in [-0.15, -0.1) is 0 Å². The van der Waals surface area contributed by atoms with Gasteiger partial charge in [0.15, 0.2) is 0 Å². The van der Waals surface area contributed by atoms with Crippen molar-refractivity contribution in [1.29, 1.82) is 0 Å². The molecule has 0 bridgehead atoms. The summed E-state index contributed by atoms with van der Waals surface area (Å²) in [6.07, 6.45) is 4.72. The van der Waals surface area contributed by atoms with E-state index in [1.165, 1.54) is 5.56 Å². The van der Waals surface area contributed by atoms with E-state index in [1.54, 1.807) is 6.20 Å². The first-order valence-electron chi connectivity index (χ1n) is 7.99. The fourth-order valence-electron chi connectivity index (χ4n) is 3.52. The molecule has 0 spiro atoms. The van der Waals surface area contributed by atoms with E-state index in [0.717, 1.165) is 32.4 Å². The molecule has 1 rings (SSSR count). The summed E-state index contributed by atoms with van der Waals surface area (Å²) < 4.78 is 0. The highest BCUT2D eigenvalue weighted by atomic mass is 15.3. The Kier molecular flexibility index (Phi) is 7.08. The van der Waals surface area contributed by atoms with Crippen molar-refractivity contribution in [3.63, 3.8) is 0 Å². The van der Waals surface area contributed by atoms with Gasteiger partial charge in [0.2, 0.25) is 0 Å². The monoisotopic (exact) mass is 293 g/mol. The van der Waals surface area contributed by atoms with E-state index < -0.39 is 0 Å². The molecule has 1 aromatic heterocycles. The van der Waals surface area contributed by atoms with Crippen molar-refractivity contribution >= 4 is 5.82 Å². The fourth-order valence-corrected chi connectivity index (χ4v) is 3.52. The van der Waals surface area contributed by atoms with Gasteiger partial charge >= 0.3 is 0 Å². The zero-order valence-corrected chi connectivity index (χ0v) is 13.9. The largest absolute Gasteiger partial charge is 0.384 e. The maximum Gasteiger partial charge on any atom is 0.123 e. The number of hydrazine groups is 1. The molecule has 1 atom stereocenters. The van der Waals surface area contributed by atoms with Crippen LogP contribution in [-0.4, -0.2) is 34.6 Å². The van der Waals surface area contributed by atoms with Crippen molar-refractivity contribution in [2.24, 2.45) is 5.84 Å². The number of likely N-dealkylation sites (N-methyl/N-ethyl adjacent to an activating group) is 1. The number of hydrogen-bond acceptors (Lipinski definition) is 5. The number of rotatable bonds is 9. The van der Waals surface area contributed by atoms with Crippen LogP contribution in [0.25, 0.3) is 0 Å². The molecule has 1 aromatic rings. The Labute approximate surface area is 129 Å². The molecule has 1 unspecified atom stereocenters. The number of hydrogen-bond donors (Lipinski definition) is 3. The van der Waals surface area contributed by atoms with Crippen LogP contribution in [0.4, 0.5) is 5.82 Å². The lowest BCUT2D eigenvalue weighted by molar-refractivity contribution is 0.0492. The predicted molar refractivity (Wildman–Crippen MR) is 89.7 cm³/mol. The van der Waals surface area contributed by atoms with Gasteiger partial charge in [-0.3, -0.25) is 16.2 Å². The third-order valence-corrected chi connectivity index (χ3v) is 4.75. The van der Waals surface area contributed by atoms with Crippen LogP contribution < -0.4 is 17.0 Å². The molecule has 0 saturated heterocycles. The minimum Gasteiger partial charge on any atom is -0.384 e. The molecule has 0 radical (unpaired) electrons. The second-order valence-electron chi connectivity index (χ2n) is 5.50. The average Bonchev–Trinajstić information content (AvgIpc) is 2.51. The smallest absolute Gasteiger partial charge is 0.123 e. The van der Waals surface area contributed by atoms with Crippen LogP contribution in [0.15, 0.2) is 18.3 Å². The van der Waals surface area contributed by atoms with Crippen LogP contribution in [0.2, 0.25) is 0 Å². The number of nitrogen functional groups attached to an aromatic ring is 1. The summed E-state index contributed by atoms with van der Waals surface area (Å²) in [6, 6.07) is 4.12. The maximum atomic E-state index is 5.92. The Balaban J connectivity index is 3.07. The molecule has 0 fully saturated rings. The van der Waals surface area contributed by atoms with E-state index >= 15 is 0 Å². The summed E-state index contributed by atoms with van der Waals surface area (Å²) in [7, 11) is 0. The van der Waals surface area contributed by atoms with Crippen LogP contribution in [0, 0.1) is 0 Å². The average molecular weight is 293 g/mol. The molecule has 0 saturated carbocycles. The number of nitrogens with one attached hydrogen (secondary N) is 1. The first-order valence-corrected chi connectivity index (χ1v) is 7.99. The molecule has 0 aliphatic carbocycles. The van der Waals surface area contributed by atoms with E-state index in [0.29, 0.717) is 5.82 Å². The van der Waals surface area contributed by atoms with Gasteiger partial charge in [-0.25, -0.2) is 4.98 Å². The number of anilines is 1. The summed E-state index contributed by atoms with van der Waals surface area (Å²) in [5, 5.41) is 0. The van der Waals surface area contributed by atoms with Crippen LogP contribution in [0.1, 0.15) is 46.1 Å². The quantitative estimate of drug-likeness (QED) is 0.479. The standard InChI is InChI=1S/C16H31N5/c1-5-16(6-2,21(7-3)8-4)14(20-18)11-13-9-10-19-15(17)12-13/h9-10,12,14,20H,5-8,11,18H2,1-4H3,(H2,17,19). The van der Waals surface area contributed by atoms with E-state index in [2.05, 4.69) is 43.0 Å². The van der Waals surface area contributed by atoms with Gasteiger partial charge in [0.05, 0.1) is 0 Å². The van der Waals surface area contributed by atoms with Gasteiger partial charge in [0, 0.05) is 17.8 Å². The van der Waals surface area contributed by atoms with Gasteiger partial charge < -0.3 is 5.73 Å². The SMILES string of the molecule is CCN(CC)C(CC)(CC)C(Cc1ccnc(N)c1)NN. The van der Waals surface area contributed by atoms with E-state index in [-0.39, 0.29) is 11.6 Å². The molecule has 120 valence electrons. The van der Waals surface area contributed by atoms with Crippen molar-refractivity contribution in [3.05, 3.63) is 23.9 Å². The van der Waals surface area contributed by atoms with E-state index in [4.69, 9.17) is 11.6 Å². The summed E-state index contributed by atoms with van der Waals surface area (Å²) >= 11 is 0. The molecule has 0 aliphatic rings. The minimum atomic E-state index is 0.0519. The predicted octanol–water partition coefficient (Wildman–Crippen LogP) is 1.94. The second kappa shape index (κ2) is 8.32. The Morgan fingerprint density at radius 1 is 1.24 bits per heavy atom. The fraction of sp³-hybridized carbons (Fsp3) is 0.688. The lowest BCUT2D eigenvalue weighted by atomic mass is 9.80. The van der Waals surface area contributed by atoms with Gasteiger partial charge in [-0.05, 0) is 50.0 Å². The zero-order valence-electron chi connectivity index (χ0n) is 13.9. The molecule has 0 aromatic carbocycles. The molecule has 0 amide bonds. The molecular formula is C16H31N5. The molecule has 5 nitrogen and oxygen atoms in total. The van der Waals surface area contributed by atoms with Gasteiger partial charge in [-0.1, -0.05) is 27.7 Å². The van der Waals surface area contributed by atoms with Gasteiger partial charge in [-0.2, -0.15) is 0 Å². The maximum absolute atomic E-state index is 5.92. The molecule has 21 heavy (non-hydrogen) atoms. The van der Waals surface area contributed by atoms with Crippen molar-refractivity contribution in [2.45, 2.75) is 58.5 Å². The summed E-state index contributed by atoms with van der Waals surface area (Å²) in [4.78, 5) is 6.57. The van der Waals surface area contributed by atoms with E-state index in [9.17, 15) is 0 Å². The second-order valence-corrected chi connectivity index (χ2v) is 5.50. The molecule has 5 heteroatoms. The Morgan fingerprint density at radius 2 is 1.86 bits per heavy atom. The first kappa shape index (κ1) is 17.9. The van der Waals surface area contributed by atoms with Crippen molar-refractivity contribution in [2.75, 3.05) is 18.8 Å². The van der Waals surface area contributed by atoms with Crippen LogP contribution >= 0.6 is 0 Å². The van der Waals surface area contributed by atoms with Crippen molar-refractivity contribution < 1.29 is 0 Å². The molecule has 1 heterocycles.